The Morgan fingerprint density at radius 2 is 1.02 bits per heavy atom. The van der Waals surface area contributed by atoms with Crippen LogP contribution in [-0.4, -0.2) is 4.40 Å². The molecule has 210 valence electrons. The van der Waals surface area contributed by atoms with Gasteiger partial charge >= 0.3 is 0 Å². The number of nitrogens with zero attached hydrogens (tertiary/aromatic N) is 2. The lowest BCUT2D eigenvalue weighted by atomic mass is 10.0. The zero-order valence-corrected chi connectivity index (χ0v) is 25.1. The van der Waals surface area contributed by atoms with Gasteiger partial charge in [0.05, 0.1) is 22.2 Å². The molecule has 3 heteroatoms. The van der Waals surface area contributed by atoms with Gasteiger partial charge in [-0.1, -0.05) is 109 Å². The van der Waals surface area contributed by atoms with Gasteiger partial charge in [0.15, 0.2) is 0 Å². The number of hydrogen-bond donors (Lipinski definition) is 0. The number of anilines is 3. The highest BCUT2D eigenvalue weighted by Gasteiger charge is 2.24. The summed E-state index contributed by atoms with van der Waals surface area (Å²) in [5, 5.41) is 7.76. The quantitative estimate of drug-likeness (QED) is 0.198. The minimum absolute atomic E-state index is 1.14. The van der Waals surface area contributed by atoms with Crippen molar-refractivity contribution in [3.63, 3.8) is 0 Å². The SMILES string of the molecule is c1ccc(-c2ccc(N(c3ccc4c(c3)sc3ccccc34)c3ccc4c5ccccc5n5c6ccccc6c3c45)cc2)cc1. The molecule has 0 radical (unpaired) electrons. The van der Waals surface area contributed by atoms with E-state index in [-0.39, 0.29) is 0 Å². The minimum Gasteiger partial charge on any atom is -0.310 e. The van der Waals surface area contributed by atoms with E-state index in [9.17, 15) is 0 Å². The second kappa shape index (κ2) is 9.43. The van der Waals surface area contributed by atoms with E-state index >= 15 is 0 Å². The Kier molecular flexibility index (Phi) is 5.19. The van der Waals surface area contributed by atoms with E-state index in [0.29, 0.717) is 0 Å². The lowest BCUT2D eigenvalue weighted by Gasteiger charge is -2.27. The largest absolute Gasteiger partial charge is 0.310 e. The molecule has 0 aliphatic carbocycles. The fourth-order valence-corrected chi connectivity index (χ4v) is 8.48. The van der Waals surface area contributed by atoms with E-state index < -0.39 is 0 Å². The Morgan fingerprint density at radius 1 is 0.422 bits per heavy atom. The van der Waals surface area contributed by atoms with Crippen LogP contribution in [0, 0.1) is 0 Å². The molecule has 10 rings (SSSR count). The first-order valence-corrected chi connectivity index (χ1v) is 16.2. The van der Waals surface area contributed by atoms with Crippen LogP contribution in [0.1, 0.15) is 0 Å². The lowest BCUT2D eigenvalue weighted by Crippen LogP contribution is -2.10. The van der Waals surface area contributed by atoms with E-state index in [1.807, 2.05) is 11.3 Å². The molecule has 7 aromatic carbocycles. The van der Waals surface area contributed by atoms with E-state index in [1.165, 1.54) is 75.1 Å². The van der Waals surface area contributed by atoms with Crippen LogP contribution < -0.4 is 4.90 Å². The number of fused-ring (bicyclic) bond motifs is 9. The number of benzene rings is 7. The molecule has 0 unspecified atom stereocenters. The van der Waals surface area contributed by atoms with Gasteiger partial charge in [0, 0.05) is 53.1 Å². The van der Waals surface area contributed by atoms with Gasteiger partial charge in [-0.15, -0.1) is 11.3 Å². The molecule has 0 fully saturated rings. The summed E-state index contributed by atoms with van der Waals surface area (Å²) in [6.07, 6.45) is 0. The average molecular weight is 591 g/mol. The van der Waals surface area contributed by atoms with Crippen molar-refractivity contribution in [3.8, 4) is 11.1 Å². The Bertz CT molecular complexity index is 2700. The van der Waals surface area contributed by atoms with E-state index in [2.05, 4.69) is 167 Å². The summed E-state index contributed by atoms with van der Waals surface area (Å²) in [5.74, 6) is 0. The summed E-state index contributed by atoms with van der Waals surface area (Å²) in [4.78, 5) is 2.46. The van der Waals surface area contributed by atoms with Crippen molar-refractivity contribution in [2.24, 2.45) is 0 Å². The predicted octanol–water partition coefficient (Wildman–Crippen LogP) is 12.3. The van der Waals surface area contributed by atoms with Crippen LogP contribution >= 0.6 is 11.3 Å². The lowest BCUT2D eigenvalue weighted by molar-refractivity contribution is 1.31. The molecule has 0 N–H and O–H groups in total. The second-order valence-electron chi connectivity index (χ2n) is 11.8. The van der Waals surface area contributed by atoms with Crippen molar-refractivity contribution in [2.45, 2.75) is 0 Å². The van der Waals surface area contributed by atoms with Gasteiger partial charge in [0.25, 0.3) is 0 Å². The normalized spacial score (nSPS) is 12.0. The summed E-state index contributed by atoms with van der Waals surface area (Å²) in [6.45, 7) is 0. The number of para-hydroxylation sites is 2. The molecule has 0 aliphatic heterocycles. The maximum absolute atomic E-state index is 2.46. The average Bonchev–Trinajstić information content (AvgIpc) is 3.76. The molecule has 2 nitrogen and oxygen atoms in total. The maximum Gasteiger partial charge on any atom is 0.0641 e. The fraction of sp³-hybridized carbons (Fsp3) is 0. The highest BCUT2D eigenvalue weighted by molar-refractivity contribution is 7.25. The highest BCUT2D eigenvalue weighted by atomic mass is 32.1. The Labute approximate surface area is 264 Å². The Balaban J connectivity index is 1.28. The number of rotatable bonds is 4. The van der Waals surface area contributed by atoms with Crippen LogP contribution in [-0.2, 0) is 0 Å². The first-order chi connectivity index (χ1) is 22.3. The third kappa shape index (κ3) is 3.56. The van der Waals surface area contributed by atoms with Crippen molar-refractivity contribution < 1.29 is 0 Å². The molecule has 0 aliphatic rings. The Morgan fingerprint density at radius 3 is 1.84 bits per heavy atom. The predicted molar refractivity (Wildman–Crippen MR) is 194 cm³/mol. The van der Waals surface area contributed by atoms with Crippen molar-refractivity contribution in [1.82, 2.24) is 4.40 Å². The van der Waals surface area contributed by atoms with Gasteiger partial charge in [-0.05, 0) is 59.7 Å². The first kappa shape index (κ1) is 24.8. The van der Waals surface area contributed by atoms with Crippen LogP contribution in [0.15, 0.2) is 158 Å². The van der Waals surface area contributed by atoms with Crippen LogP contribution in [0.5, 0.6) is 0 Å². The third-order valence-electron chi connectivity index (χ3n) is 9.32. The van der Waals surface area contributed by atoms with Gasteiger partial charge in [-0.2, -0.15) is 0 Å². The molecular weight excluding hydrogens is 565 g/mol. The van der Waals surface area contributed by atoms with E-state index in [0.717, 1.165) is 11.4 Å². The van der Waals surface area contributed by atoms with Crippen LogP contribution in [0.25, 0.3) is 69.4 Å². The first-order valence-electron chi connectivity index (χ1n) is 15.4. The topological polar surface area (TPSA) is 7.65 Å². The minimum atomic E-state index is 1.14. The van der Waals surface area contributed by atoms with Gasteiger partial charge < -0.3 is 9.30 Å². The zero-order valence-electron chi connectivity index (χ0n) is 24.3. The van der Waals surface area contributed by atoms with E-state index in [4.69, 9.17) is 0 Å². The summed E-state index contributed by atoms with van der Waals surface area (Å²) in [7, 11) is 0. The van der Waals surface area contributed by atoms with Gasteiger partial charge in [-0.25, -0.2) is 0 Å². The smallest absolute Gasteiger partial charge is 0.0641 e. The molecule has 3 heterocycles. The molecule has 0 bridgehead atoms. The molecule has 0 saturated carbocycles. The molecule has 0 amide bonds. The molecular formula is C42H26N2S. The number of thiophene rings is 1. The van der Waals surface area contributed by atoms with Crippen molar-refractivity contribution in [3.05, 3.63) is 158 Å². The summed E-state index contributed by atoms with van der Waals surface area (Å²) in [6, 6.07) is 57.6. The Hall–Kier alpha value is -5.64. The molecule has 0 atom stereocenters. The molecule has 10 aromatic rings. The highest BCUT2D eigenvalue weighted by Crippen LogP contribution is 2.48. The third-order valence-corrected chi connectivity index (χ3v) is 10.5. The molecule has 45 heavy (non-hydrogen) atoms. The van der Waals surface area contributed by atoms with Crippen molar-refractivity contribution in [1.29, 1.82) is 0 Å². The standard InChI is InChI=1S/C42H26N2S/c1-2-10-27(11-3-1)28-18-20-29(21-19-28)43(30-22-23-33-32-13-6-9-17-39(32)45-40(33)26-30)38-25-24-34-31-12-4-7-15-36(31)44-37-16-8-5-14-35(37)41(38)42(34)44/h1-26H. The van der Waals surface area contributed by atoms with E-state index in [1.54, 1.807) is 0 Å². The van der Waals surface area contributed by atoms with Gasteiger partial charge in [0.1, 0.15) is 0 Å². The van der Waals surface area contributed by atoms with Gasteiger partial charge in [0.2, 0.25) is 0 Å². The fourth-order valence-electron chi connectivity index (χ4n) is 7.34. The molecule has 0 spiro atoms. The van der Waals surface area contributed by atoms with Crippen molar-refractivity contribution >= 4 is 86.7 Å². The molecule has 0 saturated heterocycles. The summed E-state index contributed by atoms with van der Waals surface area (Å²) in [5.41, 5.74) is 9.69. The summed E-state index contributed by atoms with van der Waals surface area (Å²) < 4.78 is 5.08. The molecule has 3 aromatic heterocycles. The maximum atomic E-state index is 2.46. The number of aromatic nitrogens is 1. The zero-order chi connectivity index (χ0) is 29.5. The van der Waals surface area contributed by atoms with Crippen LogP contribution in [0.4, 0.5) is 17.1 Å². The monoisotopic (exact) mass is 590 g/mol. The second-order valence-corrected chi connectivity index (χ2v) is 12.8. The van der Waals surface area contributed by atoms with Crippen LogP contribution in [0.3, 0.4) is 0 Å². The van der Waals surface area contributed by atoms with Gasteiger partial charge in [-0.3, -0.25) is 0 Å². The van der Waals surface area contributed by atoms with Crippen LogP contribution in [0.2, 0.25) is 0 Å². The summed E-state index contributed by atoms with van der Waals surface area (Å²) >= 11 is 1.87. The van der Waals surface area contributed by atoms with Crippen molar-refractivity contribution in [2.75, 3.05) is 4.90 Å². The number of hydrogen-bond acceptors (Lipinski definition) is 2.